The van der Waals surface area contributed by atoms with Gasteiger partial charge in [0.25, 0.3) is 0 Å². The molecule has 0 spiro atoms. The van der Waals surface area contributed by atoms with Crippen LogP contribution in [-0.4, -0.2) is 67.5 Å². The first-order valence-electron chi connectivity index (χ1n) is 12.8. The van der Waals surface area contributed by atoms with Crippen molar-refractivity contribution in [3.05, 3.63) is 78.8 Å². The summed E-state index contributed by atoms with van der Waals surface area (Å²) < 4.78 is 33.4. The third-order valence-electron chi connectivity index (χ3n) is 6.67. The standard InChI is InChI=1S/C30H26Cl2N2O10Se/c1-39-19-7-9-23(25(27(19)33(35)36)15-11-17(31)29(43-5)21(13-15)41-3)45-24-10-8-20(40-2)28(34(37)38)26(24)16-12-18(32)30(44-6)22(14-16)42-4/h7-14H,1-6H3. The molecule has 0 aliphatic carbocycles. The van der Waals surface area contributed by atoms with E-state index in [4.69, 9.17) is 51.6 Å². The van der Waals surface area contributed by atoms with Crippen LogP contribution >= 0.6 is 23.2 Å². The first-order chi connectivity index (χ1) is 21.5. The molecule has 0 aliphatic rings. The summed E-state index contributed by atoms with van der Waals surface area (Å²) in [4.78, 5) is 23.9. The molecular formula is C30H26Cl2N2O10Se. The Morgan fingerprint density at radius 3 is 1.20 bits per heavy atom. The van der Waals surface area contributed by atoms with Gasteiger partial charge in [0.2, 0.25) is 0 Å². The van der Waals surface area contributed by atoms with Gasteiger partial charge in [-0.1, -0.05) is 0 Å². The van der Waals surface area contributed by atoms with Crippen LogP contribution in [0.25, 0.3) is 22.3 Å². The molecule has 0 amide bonds. The summed E-state index contributed by atoms with van der Waals surface area (Å²) >= 11 is 12.2. The Morgan fingerprint density at radius 2 is 0.911 bits per heavy atom. The molecule has 0 aliphatic heterocycles. The van der Waals surface area contributed by atoms with Crippen LogP contribution in [0.3, 0.4) is 0 Å². The molecule has 0 N–H and O–H groups in total. The van der Waals surface area contributed by atoms with E-state index >= 15 is 0 Å². The van der Waals surface area contributed by atoms with Crippen LogP contribution in [0, 0.1) is 20.2 Å². The Labute approximate surface area is 274 Å². The van der Waals surface area contributed by atoms with Gasteiger partial charge in [-0.05, 0) is 0 Å². The van der Waals surface area contributed by atoms with Crippen molar-refractivity contribution in [3.8, 4) is 56.8 Å². The van der Waals surface area contributed by atoms with Gasteiger partial charge in [-0.25, -0.2) is 0 Å². The van der Waals surface area contributed by atoms with Crippen molar-refractivity contribution < 1.29 is 38.3 Å². The summed E-state index contributed by atoms with van der Waals surface area (Å²) in [5, 5.41) is 25.4. The van der Waals surface area contributed by atoms with Crippen molar-refractivity contribution in [2.45, 2.75) is 0 Å². The predicted octanol–water partition coefficient (Wildman–Crippen LogP) is 5.85. The number of halogens is 2. The number of nitro benzene ring substituents is 2. The van der Waals surface area contributed by atoms with Gasteiger partial charge in [0.15, 0.2) is 0 Å². The molecule has 236 valence electrons. The summed E-state index contributed by atoms with van der Waals surface area (Å²) in [6, 6.07) is 12.5. The molecule has 12 nitrogen and oxygen atoms in total. The summed E-state index contributed by atoms with van der Waals surface area (Å²) in [5.74, 6) is 1.01. The van der Waals surface area contributed by atoms with Crippen molar-refractivity contribution in [1.29, 1.82) is 0 Å². The molecule has 0 heterocycles. The van der Waals surface area contributed by atoms with Gasteiger partial charge in [-0.15, -0.1) is 0 Å². The maximum absolute atomic E-state index is 12.5. The SMILES string of the molecule is COc1cc(-c2c([Se]c3ccc(OC)c([N+](=O)[O-])c3-c3cc(Cl)c(OC)c(OC)c3)ccc(OC)c2[N+](=O)[O-])cc(Cl)c1OC. The Kier molecular flexibility index (Phi) is 10.5. The zero-order chi connectivity index (χ0) is 33.0. The molecule has 0 aromatic heterocycles. The minimum absolute atomic E-state index is 0.00747. The zero-order valence-electron chi connectivity index (χ0n) is 24.8. The average molecular weight is 724 g/mol. The molecule has 0 atom stereocenters. The number of nitro groups is 2. The van der Waals surface area contributed by atoms with Crippen LogP contribution < -0.4 is 37.3 Å². The van der Waals surface area contributed by atoms with Crippen LogP contribution in [-0.2, 0) is 0 Å². The Bertz CT molecular complexity index is 1670. The molecular weight excluding hydrogens is 698 g/mol. The van der Waals surface area contributed by atoms with E-state index in [0.29, 0.717) is 20.1 Å². The van der Waals surface area contributed by atoms with Crippen molar-refractivity contribution >= 4 is 58.5 Å². The number of benzene rings is 4. The molecule has 4 aromatic rings. The summed E-state index contributed by atoms with van der Waals surface area (Å²) in [7, 11) is 8.32. The normalized spacial score (nSPS) is 10.7. The van der Waals surface area contributed by atoms with Gasteiger partial charge < -0.3 is 0 Å². The van der Waals surface area contributed by atoms with Gasteiger partial charge in [-0.2, -0.15) is 0 Å². The number of methoxy groups -OCH3 is 6. The van der Waals surface area contributed by atoms with E-state index in [-0.39, 0.29) is 67.0 Å². The minimum atomic E-state index is -0.808. The van der Waals surface area contributed by atoms with E-state index in [9.17, 15) is 20.2 Å². The monoisotopic (exact) mass is 724 g/mol. The molecule has 0 radical (unpaired) electrons. The average Bonchev–Trinajstić information content (AvgIpc) is 3.02. The van der Waals surface area contributed by atoms with Crippen LogP contribution in [0.1, 0.15) is 0 Å². The zero-order valence-corrected chi connectivity index (χ0v) is 28.0. The molecule has 0 bridgehead atoms. The second-order valence-corrected chi connectivity index (χ2v) is 12.1. The van der Waals surface area contributed by atoms with Crippen LogP contribution in [0.4, 0.5) is 11.4 Å². The molecule has 0 fully saturated rings. The van der Waals surface area contributed by atoms with E-state index in [0.717, 1.165) is 0 Å². The van der Waals surface area contributed by atoms with E-state index in [2.05, 4.69) is 0 Å². The second-order valence-electron chi connectivity index (χ2n) is 8.98. The van der Waals surface area contributed by atoms with Crippen molar-refractivity contribution in [2.75, 3.05) is 42.7 Å². The van der Waals surface area contributed by atoms with E-state index in [1.54, 1.807) is 24.3 Å². The third-order valence-corrected chi connectivity index (χ3v) is 9.59. The van der Waals surface area contributed by atoms with Crippen LogP contribution in [0.5, 0.6) is 34.5 Å². The number of ether oxygens (including phenoxy) is 6. The first kappa shape index (κ1) is 33.5. The fraction of sp³-hybridized carbons (Fsp3) is 0.200. The van der Waals surface area contributed by atoms with E-state index in [1.165, 1.54) is 66.9 Å². The molecule has 0 saturated heterocycles. The van der Waals surface area contributed by atoms with Crippen LogP contribution in [0.15, 0.2) is 48.5 Å². The maximum atomic E-state index is 12.5. The van der Waals surface area contributed by atoms with Gasteiger partial charge in [0.05, 0.1) is 0 Å². The predicted molar refractivity (Wildman–Crippen MR) is 171 cm³/mol. The quantitative estimate of drug-likeness (QED) is 0.0993. The third kappa shape index (κ3) is 6.38. The molecule has 4 rings (SSSR count). The fourth-order valence-electron chi connectivity index (χ4n) is 4.77. The number of hydrogen-bond donors (Lipinski definition) is 0. The first-order valence-corrected chi connectivity index (χ1v) is 15.2. The van der Waals surface area contributed by atoms with Crippen molar-refractivity contribution in [3.63, 3.8) is 0 Å². The summed E-state index contributed by atoms with van der Waals surface area (Å²) in [6.07, 6.45) is 0. The Balaban J connectivity index is 2.09. The molecule has 4 aromatic carbocycles. The fourth-order valence-corrected chi connectivity index (χ4v) is 7.74. The van der Waals surface area contributed by atoms with E-state index in [1.807, 2.05) is 0 Å². The van der Waals surface area contributed by atoms with Gasteiger partial charge in [0.1, 0.15) is 0 Å². The van der Waals surface area contributed by atoms with Crippen molar-refractivity contribution in [1.82, 2.24) is 0 Å². The van der Waals surface area contributed by atoms with Crippen LogP contribution in [0.2, 0.25) is 10.0 Å². The number of hydrogen-bond acceptors (Lipinski definition) is 10. The van der Waals surface area contributed by atoms with E-state index < -0.39 is 24.8 Å². The number of rotatable bonds is 12. The topological polar surface area (TPSA) is 142 Å². The molecule has 0 unspecified atom stereocenters. The Morgan fingerprint density at radius 1 is 0.556 bits per heavy atom. The molecule has 15 heteroatoms. The van der Waals surface area contributed by atoms with Crippen molar-refractivity contribution in [2.24, 2.45) is 0 Å². The molecule has 45 heavy (non-hydrogen) atoms. The van der Waals surface area contributed by atoms with Gasteiger partial charge in [0, 0.05) is 0 Å². The van der Waals surface area contributed by atoms with Gasteiger partial charge in [-0.3, -0.25) is 0 Å². The summed E-state index contributed by atoms with van der Waals surface area (Å²) in [5.41, 5.74) is 0.435. The summed E-state index contributed by atoms with van der Waals surface area (Å²) in [6.45, 7) is 0. The Hall–Kier alpha value is -4.42. The molecule has 0 saturated carbocycles. The second kappa shape index (κ2) is 14.1. The van der Waals surface area contributed by atoms with Gasteiger partial charge >= 0.3 is 275 Å². The number of nitrogens with zero attached hydrogens (tertiary/aromatic N) is 2.